The highest BCUT2D eigenvalue weighted by molar-refractivity contribution is 5.91. The number of aromatic nitrogens is 2. The zero-order chi connectivity index (χ0) is 13.8. The summed E-state index contributed by atoms with van der Waals surface area (Å²) < 4.78 is 5.03. The lowest BCUT2D eigenvalue weighted by molar-refractivity contribution is 0.0922. The fourth-order valence-electron chi connectivity index (χ4n) is 2.25. The Morgan fingerprint density at radius 3 is 2.95 bits per heavy atom. The van der Waals surface area contributed by atoms with E-state index in [2.05, 4.69) is 20.2 Å². The van der Waals surface area contributed by atoms with Crippen molar-refractivity contribution >= 4 is 11.7 Å². The van der Waals surface area contributed by atoms with E-state index in [-0.39, 0.29) is 5.91 Å². The molecule has 2 aromatic rings. The van der Waals surface area contributed by atoms with Crippen molar-refractivity contribution in [2.75, 3.05) is 18.0 Å². The van der Waals surface area contributed by atoms with Gasteiger partial charge in [0.1, 0.15) is 11.6 Å². The van der Waals surface area contributed by atoms with Crippen LogP contribution in [0.25, 0.3) is 0 Å². The van der Waals surface area contributed by atoms with Crippen LogP contribution in [-0.4, -0.2) is 29.0 Å². The van der Waals surface area contributed by atoms with Crippen molar-refractivity contribution in [3.8, 4) is 0 Å². The van der Waals surface area contributed by atoms with Crippen LogP contribution in [0.3, 0.4) is 0 Å². The van der Waals surface area contributed by atoms with Gasteiger partial charge < -0.3 is 14.6 Å². The van der Waals surface area contributed by atoms with Crippen molar-refractivity contribution in [2.24, 2.45) is 0 Å². The number of furan rings is 1. The highest BCUT2D eigenvalue weighted by atomic mass is 16.3. The molecule has 1 saturated heterocycles. The van der Waals surface area contributed by atoms with Crippen LogP contribution in [0.1, 0.15) is 29.2 Å². The van der Waals surface area contributed by atoms with E-state index in [0.29, 0.717) is 18.1 Å². The molecule has 0 aromatic carbocycles. The first-order valence-corrected chi connectivity index (χ1v) is 6.71. The van der Waals surface area contributed by atoms with E-state index in [9.17, 15) is 4.79 Å². The Bertz CT molecular complexity index is 577. The van der Waals surface area contributed by atoms with Gasteiger partial charge in [-0.15, -0.1) is 0 Å². The molecule has 0 aliphatic carbocycles. The van der Waals surface area contributed by atoms with Crippen molar-refractivity contribution < 1.29 is 9.21 Å². The highest BCUT2D eigenvalue weighted by Crippen LogP contribution is 2.16. The van der Waals surface area contributed by atoms with Crippen LogP contribution in [0.15, 0.2) is 35.1 Å². The van der Waals surface area contributed by atoms with Crippen LogP contribution in [0, 0.1) is 0 Å². The molecule has 1 aliphatic rings. The summed E-state index contributed by atoms with van der Waals surface area (Å²) in [6.07, 6.45) is 5.61. The third kappa shape index (κ3) is 2.79. The smallest absolute Gasteiger partial charge is 0.287 e. The lowest BCUT2D eigenvalue weighted by Crippen LogP contribution is -2.25. The predicted molar refractivity (Wildman–Crippen MR) is 73.4 cm³/mol. The second-order valence-corrected chi connectivity index (χ2v) is 4.69. The first-order valence-electron chi connectivity index (χ1n) is 6.71. The van der Waals surface area contributed by atoms with E-state index < -0.39 is 0 Å². The third-order valence-electron chi connectivity index (χ3n) is 3.27. The number of nitrogens with zero attached hydrogens (tertiary/aromatic N) is 3. The minimum Gasteiger partial charge on any atom is -0.459 e. The van der Waals surface area contributed by atoms with Crippen molar-refractivity contribution in [3.05, 3.63) is 42.2 Å². The minimum atomic E-state index is -0.259. The van der Waals surface area contributed by atoms with Gasteiger partial charge in [-0.2, -0.15) is 0 Å². The number of anilines is 1. The van der Waals surface area contributed by atoms with Gasteiger partial charge in [0.2, 0.25) is 0 Å². The Labute approximate surface area is 116 Å². The standard InChI is InChI=1S/C14H16N4O2/c19-14(11-4-3-9-20-11)16-10-12-15-6-5-13(17-12)18-7-1-2-8-18/h3-6,9H,1-2,7-8,10H2,(H,16,19). The summed E-state index contributed by atoms with van der Waals surface area (Å²) in [4.78, 5) is 22.6. The Balaban J connectivity index is 1.62. The lowest BCUT2D eigenvalue weighted by atomic mass is 10.4. The van der Waals surface area contributed by atoms with E-state index in [1.165, 1.54) is 19.1 Å². The maximum absolute atomic E-state index is 11.7. The molecule has 0 spiro atoms. The molecular formula is C14H16N4O2. The number of rotatable bonds is 4. The molecule has 20 heavy (non-hydrogen) atoms. The van der Waals surface area contributed by atoms with Crippen molar-refractivity contribution in [1.82, 2.24) is 15.3 Å². The monoisotopic (exact) mass is 272 g/mol. The van der Waals surface area contributed by atoms with Gasteiger partial charge in [-0.25, -0.2) is 9.97 Å². The predicted octanol–water partition coefficient (Wildman–Crippen LogP) is 1.60. The number of carbonyl (C=O) groups is 1. The van der Waals surface area contributed by atoms with Gasteiger partial charge in [-0.3, -0.25) is 4.79 Å². The summed E-state index contributed by atoms with van der Waals surface area (Å²) in [5.41, 5.74) is 0. The quantitative estimate of drug-likeness (QED) is 0.915. The average Bonchev–Trinajstić information content (AvgIpc) is 3.17. The number of nitrogens with one attached hydrogen (secondary N) is 1. The van der Waals surface area contributed by atoms with E-state index in [4.69, 9.17) is 4.42 Å². The highest BCUT2D eigenvalue weighted by Gasteiger charge is 2.14. The minimum absolute atomic E-state index is 0.259. The Kier molecular flexibility index (Phi) is 3.62. The van der Waals surface area contributed by atoms with Gasteiger partial charge >= 0.3 is 0 Å². The fraction of sp³-hybridized carbons (Fsp3) is 0.357. The van der Waals surface area contributed by atoms with Crippen LogP contribution in [0.4, 0.5) is 5.82 Å². The van der Waals surface area contributed by atoms with Gasteiger partial charge in [0.25, 0.3) is 5.91 Å². The second-order valence-electron chi connectivity index (χ2n) is 4.69. The Morgan fingerprint density at radius 1 is 1.35 bits per heavy atom. The van der Waals surface area contributed by atoms with E-state index in [1.54, 1.807) is 18.3 Å². The van der Waals surface area contributed by atoms with Crippen LogP contribution in [0.2, 0.25) is 0 Å². The fourth-order valence-corrected chi connectivity index (χ4v) is 2.25. The van der Waals surface area contributed by atoms with Gasteiger partial charge in [-0.05, 0) is 31.0 Å². The number of hydrogen-bond acceptors (Lipinski definition) is 5. The van der Waals surface area contributed by atoms with Crippen LogP contribution < -0.4 is 10.2 Å². The van der Waals surface area contributed by atoms with Gasteiger partial charge in [-0.1, -0.05) is 0 Å². The van der Waals surface area contributed by atoms with Crippen molar-refractivity contribution in [3.63, 3.8) is 0 Å². The summed E-state index contributed by atoms with van der Waals surface area (Å²) in [5.74, 6) is 1.57. The van der Waals surface area contributed by atoms with Crippen LogP contribution in [0.5, 0.6) is 0 Å². The maximum atomic E-state index is 11.7. The Morgan fingerprint density at radius 2 is 2.20 bits per heavy atom. The average molecular weight is 272 g/mol. The summed E-state index contributed by atoms with van der Waals surface area (Å²) >= 11 is 0. The third-order valence-corrected chi connectivity index (χ3v) is 3.27. The van der Waals surface area contributed by atoms with E-state index >= 15 is 0 Å². The van der Waals surface area contributed by atoms with Crippen molar-refractivity contribution in [2.45, 2.75) is 19.4 Å². The topological polar surface area (TPSA) is 71.3 Å². The summed E-state index contributed by atoms with van der Waals surface area (Å²) in [7, 11) is 0. The molecule has 1 amide bonds. The SMILES string of the molecule is O=C(NCc1nccc(N2CCCC2)n1)c1ccco1. The summed E-state index contributed by atoms with van der Waals surface area (Å²) in [5, 5.41) is 2.74. The molecule has 1 aliphatic heterocycles. The zero-order valence-electron chi connectivity index (χ0n) is 11.1. The Hall–Kier alpha value is -2.37. The molecule has 0 atom stereocenters. The molecule has 2 aromatic heterocycles. The van der Waals surface area contributed by atoms with Crippen molar-refractivity contribution in [1.29, 1.82) is 0 Å². The van der Waals surface area contributed by atoms with E-state index in [0.717, 1.165) is 18.9 Å². The number of amides is 1. The molecule has 104 valence electrons. The second kappa shape index (κ2) is 5.73. The number of carbonyl (C=O) groups excluding carboxylic acids is 1. The molecule has 6 nitrogen and oxygen atoms in total. The van der Waals surface area contributed by atoms with E-state index in [1.807, 2.05) is 6.07 Å². The normalized spacial score (nSPS) is 14.5. The molecule has 3 rings (SSSR count). The van der Waals surface area contributed by atoms with Gasteiger partial charge in [0, 0.05) is 19.3 Å². The summed E-state index contributed by atoms with van der Waals surface area (Å²) in [6.45, 7) is 2.37. The van der Waals surface area contributed by atoms with Gasteiger partial charge in [0.15, 0.2) is 5.76 Å². The first-order chi connectivity index (χ1) is 9.83. The zero-order valence-corrected chi connectivity index (χ0v) is 11.1. The van der Waals surface area contributed by atoms with Crippen LogP contribution >= 0.6 is 0 Å². The molecule has 1 fully saturated rings. The largest absolute Gasteiger partial charge is 0.459 e. The molecule has 6 heteroatoms. The molecular weight excluding hydrogens is 256 g/mol. The van der Waals surface area contributed by atoms with Crippen LogP contribution in [-0.2, 0) is 6.54 Å². The first kappa shape index (κ1) is 12.7. The molecule has 3 heterocycles. The summed E-state index contributed by atoms with van der Waals surface area (Å²) in [6, 6.07) is 5.21. The maximum Gasteiger partial charge on any atom is 0.287 e. The molecule has 0 saturated carbocycles. The molecule has 0 radical (unpaired) electrons. The van der Waals surface area contributed by atoms with Gasteiger partial charge in [0.05, 0.1) is 12.8 Å². The molecule has 1 N–H and O–H groups in total. The molecule has 0 unspecified atom stereocenters. The molecule has 0 bridgehead atoms. The number of hydrogen-bond donors (Lipinski definition) is 1. The lowest BCUT2D eigenvalue weighted by Gasteiger charge is -2.16.